The molecule has 2 rings (SSSR count). The van der Waals surface area contributed by atoms with Crippen LogP contribution in [0.5, 0.6) is 0 Å². The number of aliphatic carboxylic acids is 3. The Labute approximate surface area is 160 Å². The van der Waals surface area contributed by atoms with Crippen molar-refractivity contribution in [1.82, 2.24) is 0 Å². The molecule has 0 spiro atoms. The average molecular weight is 388 g/mol. The molecule has 0 bridgehead atoms. The van der Waals surface area contributed by atoms with Crippen LogP contribution in [0.15, 0.2) is 48.5 Å². The highest BCUT2D eigenvalue weighted by Crippen LogP contribution is 2.11. The van der Waals surface area contributed by atoms with E-state index < -0.39 is 23.9 Å². The van der Waals surface area contributed by atoms with Crippen LogP contribution in [0.3, 0.4) is 0 Å². The van der Waals surface area contributed by atoms with Crippen molar-refractivity contribution in [2.24, 2.45) is 0 Å². The Morgan fingerprint density at radius 1 is 0.607 bits per heavy atom. The molecule has 0 aromatic heterocycles. The molecule has 28 heavy (non-hydrogen) atoms. The van der Waals surface area contributed by atoms with E-state index in [-0.39, 0.29) is 31.2 Å². The van der Waals surface area contributed by atoms with E-state index in [0.29, 0.717) is 16.7 Å². The lowest BCUT2D eigenvalue weighted by atomic mass is 10.0. The number of aromatic carboxylic acids is 1. The molecule has 8 heteroatoms. The summed E-state index contributed by atoms with van der Waals surface area (Å²) in [6.45, 7) is 0. The highest BCUT2D eigenvalue weighted by atomic mass is 16.4. The van der Waals surface area contributed by atoms with Crippen molar-refractivity contribution in [2.75, 3.05) is 0 Å². The lowest BCUT2D eigenvalue weighted by molar-refractivity contribution is -0.137. The second kappa shape index (κ2) is 11.1. The van der Waals surface area contributed by atoms with E-state index in [9.17, 15) is 19.2 Å². The van der Waals surface area contributed by atoms with Crippen molar-refractivity contribution < 1.29 is 39.6 Å². The zero-order valence-electron chi connectivity index (χ0n) is 14.9. The van der Waals surface area contributed by atoms with Gasteiger partial charge >= 0.3 is 23.9 Å². The molecule has 0 aliphatic rings. The van der Waals surface area contributed by atoms with Crippen LogP contribution in [0.4, 0.5) is 0 Å². The summed E-state index contributed by atoms with van der Waals surface area (Å²) >= 11 is 0. The molecule has 0 aliphatic heterocycles. The first-order valence-electron chi connectivity index (χ1n) is 8.24. The Balaban J connectivity index is 0.000000280. The van der Waals surface area contributed by atoms with E-state index >= 15 is 0 Å². The maximum Gasteiger partial charge on any atom is 0.335 e. The molecule has 0 atom stereocenters. The summed E-state index contributed by atoms with van der Waals surface area (Å²) in [5, 5.41) is 34.4. The zero-order valence-corrected chi connectivity index (χ0v) is 14.9. The number of carbonyl (C=O) groups is 4. The van der Waals surface area contributed by atoms with Gasteiger partial charge in [0.1, 0.15) is 0 Å². The molecule has 2 aromatic rings. The van der Waals surface area contributed by atoms with E-state index in [2.05, 4.69) is 0 Å². The Kier molecular flexibility index (Phi) is 8.88. The van der Waals surface area contributed by atoms with E-state index in [1.807, 2.05) is 0 Å². The smallest absolute Gasteiger partial charge is 0.335 e. The van der Waals surface area contributed by atoms with Crippen molar-refractivity contribution in [2.45, 2.75) is 25.7 Å². The van der Waals surface area contributed by atoms with Crippen LogP contribution >= 0.6 is 0 Å². The van der Waals surface area contributed by atoms with Gasteiger partial charge in [0.2, 0.25) is 0 Å². The molecule has 8 nitrogen and oxygen atoms in total. The van der Waals surface area contributed by atoms with E-state index in [1.54, 1.807) is 42.5 Å². The van der Waals surface area contributed by atoms with Crippen LogP contribution in [-0.2, 0) is 33.6 Å². The molecule has 0 unspecified atom stereocenters. The highest BCUT2D eigenvalue weighted by molar-refractivity contribution is 5.89. The minimum Gasteiger partial charge on any atom is -0.481 e. The summed E-state index contributed by atoms with van der Waals surface area (Å²) in [6.07, 6.45) is -0.0744. The van der Waals surface area contributed by atoms with Crippen LogP contribution in [0.2, 0.25) is 0 Å². The van der Waals surface area contributed by atoms with Crippen molar-refractivity contribution in [1.29, 1.82) is 0 Å². The fourth-order valence-corrected chi connectivity index (χ4v) is 2.42. The van der Waals surface area contributed by atoms with Gasteiger partial charge in [0, 0.05) is 6.42 Å². The summed E-state index contributed by atoms with van der Waals surface area (Å²) in [5.74, 6) is -3.86. The maximum absolute atomic E-state index is 10.7. The van der Waals surface area contributed by atoms with Crippen molar-refractivity contribution in [3.63, 3.8) is 0 Å². The van der Waals surface area contributed by atoms with Crippen LogP contribution in [0.25, 0.3) is 0 Å². The summed E-state index contributed by atoms with van der Waals surface area (Å²) in [7, 11) is 0. The Bertz CT molecular complexity index is 822. The fraction of sp³-hybridized carbons (Fsp3) is 0.200. The van der Waals surface area contributed by atoms with Crippen molar-refractivity contribution in [3.05, 3.63) is 70.8 Å². The van der Waals surface area contributed by atoms with Crippen molar-refractivity contribution >= 4 is 23.9 Å². The largest absolute Gasteiger partial charge is 0.481 e. The van der Waals surface area contributed by atoms with Gasteiger partial charge in [0.15, 0.2) is 0 Å². The predicted molar refractivity (Wildman–Crippen MR) is 98.5 cm³/mol. The zero-order chi connectivity index (χ0) is 21.1. The molecular formula is C20H20O8. The first-order valence-corrected chi connectivity index (χ1v) is 8.24. The molecule has 148 valence electrons. The van der Waals surface area contributed by atoms with Gasteiger partial charge < -0.3 is 20.4 Å². The summed E-state index contributed by atoms with van der Waals surface area (Å²) < 4.78 is 0. The molecule has 0 radical (unpaired) electrons. The second-order valence-corrected chi connectivity index (χ2v) is 5.77. The first kappa shape index (κ1) is 22.4. The monoisotopic (exact) mass is 388 g/mol. The van der Waals surface area contributed by atoms with Gasteiger partial charge in [-0.25, -0.2) is 4.79 Å². The van der Waals surface area contributed by atoms with E-state index in [4.69, 9.17) is 20.4 Å². The third-order valence-electron chi connectivity index (χ3n) is 3.66. The fourth-order valence-electron chi connectivity index (χ4n) is 2.42. The van der Waals surface area contributed by atoms with Gasteiger partial charge in [-0.1, -0.05) is 42.5 Å². The Hall–Kier alpha value is -3.68. The number of aryl methyl sites for hydroxylation is 1. The van der Waals surface area contributed by atoms with Gasteiger partial charge in [-0.2, -0.15) is 0 Å². The molecular weight excluding hydrogens is 368 g/mol. The number of hydrogen-bond acceptors (Lipinski definition) is 4. The standard InChI is InChI=1S/2C10H10O4/c11-9(12)5-7-3-1-2-4-8(7)6-10(13)14;11-9(12)6-5-7-3-1-2-4-8(7)10(13)14/h2*1-4H,5-6H2,(H,11,12)(H,13,14). The third-order valence-corrected chi connectivity index (χ3v) is 3.66. The summed E-state index contributed by atoms with van der Waals surface area (Å²) in [6, 6.07) is 13.1. The van der Waals surface area contributed by atoms with Gasteiger partial charge in [0.25, 0.3) is 0 Å². The first-order chi connectivity index (χ1) is 13.2. The van der Waals surface area contributed by atoms with Crippen LogP contribution in [0.1, 0.15) is 33.5 Å². The molecule has 0 saturated heterocycles. The predicted octanol–water partition coefficient (Wildman–Crippen LogP) is 2.34. The number of rotatable bonds is 8. The number of hydrogen-bond donors (Lipinski definition) is 4. The lowest BCUT2D eigenvalue weighted by Crippen LogP contribution is -2.07. The Morgan fingerprint density at radius 3 is 1.43 bits per heavy atom. The molecule has 0 saturated carbocycles. The second-order valence-electron chi connectivity index (χ2n) is 5.77. The Morgan fingerprint density at radius 2 is 1.04 bits per heavy atom. The minimum absolute atomic E-state index is 0.0513. The molecule has 0 aliphatic carbocycles. The van der Waals surface area contributed by atoms with Gasteiger partial charge in [-0.15, -0.1) is 0 Å². The van der Waals surface area contributed by atoms with Crippen LogP contribution in [0, 0.1) is 0 Å². The summed E-state index contributed by atoms with van der Waals surface area (Å²) in [4.78, 5) is 41.9. The van der Waals surface area contributed by atoms with Crippen LogP contribution < -0.4 is 0 Å². The van der Waals surface area contributed by atoms with Crippen LogP contribution in [-0.4, -0.2) is 44.3 Å². The normalized spacial score (nSPS) is 9.71. The average Bonchev–Trinajstić information content (AvgIpc) is 2.61. The minimum atomic E-state index is -1.02. The maximum atomic E-state index is 10.7. The van der Waals surface area contributed by atoms with Gasteiger partial charge in [-0.05, 0) is 29.2 Å². The topological polar surface area (TPSA) is 149 Å². The van der Waals surface area contributed by atoms with E-state index in [0.717, 1.165) is 0 Å². The third kappa shape index (κ3) is 8.13. The summed E-state index contributed by atoms with van der Waals surface area (Å²) in [5.41, 5.74) is 1.85. The van der Waals surface area contributed by atoms with Gasteiger partial charge in [0.05, 0.1) is 18.4 Å². The SMILES string of the molecule is O=C(O)CCc1ccccc1C(=O)O.O=C(O)Cc1ccccc1CC(=O)O. The van der Waals surface area contributed by atoms with Crippen molar-refractivity contribution in [3.8, 4) is 0 Å². The number of carboxylic acid groups (broad SMARTS) is 4. The van der Waals surface area contributed by atoms with E-state index in [1.165, 1.54) is 6.07 Å². The number of carboxylic acids is 4. The molecule has 0 amide bonds. The number of benzene rings is 2. The lowest BCUT2D eigenvalue weighted by Gasteiger charge is -2.04. The quantitative estimate of drug-likeness (QED) is 0.538. The molecule has 0 heterocycles. The molecule has 0 fully saturated rings. The molecule has 4 N–H and O–H groups in total. The highest BCUT2D eigenvalue weighted by Gasteiger charge is 2.10. The molecule has 2 aromatic carbocycles. The van der Waals surface area contributed by atoms with Gasteiger partial charge in [-0.3, -0.25) is 14.4 Å².